The Labute approximate surface area is 129 Å². The normalized spacial score (nSPS) is 21.2. The third-order valence-electron chi connectivity index (χ3n) is 3.42. The van der Waals surface area contributed by atoms with Crippen LogP contribution in [0, 0.1) is 5.82 Å². The van der Waals surface area contributed by atoms with Gasteiger partial charge < -0.3 is 10.5 Å². The zero-order chi connectivity index (χ0) is 14.3. The molecule has 3 rings (SSSR count). The first-order valence-electron chi connectivity index (χ1n) is 6.21. The molecule has 2 aromatic rings. The number of hydrogen-bond acceptors (Lipinski definition) is 2. The Morgan fingerprint density at radius 1 is 1.20 bits per heavy atom. The highest BCUT2D eigenvalue weighted by Crippen LogP contribution is 2.41. The van der Waals surface area contributed by atoms with E-state index in [1.54, 1.807) is 6.07 Å². The molecular weight excluding hydrogens is 345 g/mol. The summed E-state index contributed by atoms with van der Waals surface area (Å²) in [5.74, 6) is 0.354. The van der Waals surface area contributed by atoms with Gasteiger partial charge in [-0.3, -0.25) is 0 Å². The van der Waals surface area contributed by atoms with Crippen LogP contribution in [0.3, 0.4) is 0 Å². The maximum Gasteiger partial charge on any atom is 0.130 e. The fraction of sp³-hybridized carbons (Fsp3) is 0.200. The molecule has 2 aromatic carbocycles. The molecule has 1 aliphatic heterocycles. The van der Waals surface area contributed by atoms with Crippen molar-refractivity contribution in [1.82, 2.24) is 0 Å². The van der Waals surface area contributed by atoms with Gasteiger partial charge in [-0.1, -0.05) is 33.6 Å². The number of fused-ring (bicyclic) bond motifs is 1. The zero-order valence-corrected chi connectivity index (χ0v) is 12.8. The lowest BCUT2D eigenvalue weighted by atomic mass is 9.93. The molecule has 1 aliphatic rings. The molecule has 0 fully saturated rings. The van der Waals surface area contributed by atoms with Crippen LogP contribution in [-0.2, 0) is 0 Å². The van der Waals surface area contributed by atoms with Gasteiger partial charge in [0, 0.05) is 33.1 Å². The first kappa shape index (κ1) is 13.9. The molecule has 104 valence electrons. The smallest absolute Gasteiger partial charge is 0.130 e. The fourth-order valence-electron chi connectivity index (χ4n) is 2.43. The van der Waals surface area contributed by atoms with Gasteiger partial charge in [0.25, 0.3) is 0 Å². The summed E-state index contributed by atoms with van der Waals surface area (Å²) in [6.45, 7) is 0. The molecule has 2 unspecified atom stereocenters. The SMILES string of the molecule is NC1CC(c2cc(Cl)ccc2F)Oc2cc(Br)ccc21. The molecule has 2 atom stereocenters. The van der Waals surface area contributed by atoms with E-state index in [-0.39, 0.29) is 11.9 Å². The van der Waals surface area contributed by atoms with Crippen molar-refractivity contribution in [3.63, 3.8) is 0 Å². The van der Waals surface area contributed by atoms with Gasteiger partial charge in [-0.2, -0.15) is 0 Å². The second kappa shape index (κ2) is 5.35. The number of ether oxygens (including phenoxy) is 1. The predicted octanol–water partition coefficient (Wildman–Crippen LogP) is 4.77. The van der Waals surface area contributed by atoms with E-state index < -0.39 is 6.10 Å². The molecule has 0 saturated carbocycles. The Balaban J connectivity index is 2.00. The third kappa shape index (κ3) is 2.55. The summed E-state index contributed by atoms with van der Waals surface area (Å²) in [7, 11) is 0. The van der Waals surface area contributed by atoms with Crippen molar-refractivity contribution in [2.24, 2.45) is 5.73 Å². The standard InChI is InChI=1S/C15H12BrClFNO/c16-8-1-3-10-13(19)7-15(20-14(10)5-8)11-6-9(17)2-4-12(11)18/h1-6,13,15H,7,19H2. The number of rotatable bonds is 1. The van der Waals surface area contributed by atoms with E-state index >= 15 is 0 Å². The number of benzene rings is 2. The van der Waals surface area contributed by atoms with E-state index in [1.165, 1.54) is 12.1 Å². The van der Waals surface area contributed by atoms with Crippen molar-refractivity contribution in [2.45, 2.75) is 18.6 Å². The molecule has 2 N–H and O–H groups in total. The summed E-state index contributed by atoms with van der Waals surface area (Å²) >= 11 is 9.33. The predicted molar refractivity (Wildman–Crippen MR) is 80.5 cm³/mol. The lowest BCUT2D eigenvalue weighted by Crippen LogP contribution is -2.24. The monoisotopic (exact) mass is 355 g/mol. The van der Waals surface area contributed by atoms with Crippen molar-refractivity contribution in [3.05, 3.63) is 62.8 Å². The van der Waals surface area contributed by atoms with Gasteiger partial charge in [0.1, 0.15) is 17.7 Å². The number of nitrogens with two attached hydrogens (primary N) is 1. The van der Waals surface area contributed by atoms with Crippen molar-refractivity contribution in [2.75, 3.05) is 0 Å². The van der Waals surface area contributed by atoms with Crippen molar-refractivity contribution in [3.8, 4) is 5.75 Å². The number of halogens is 3. The van der Waals surface area contributed by atoms with Crippen LogP contribution in [0.5, 0.6) is 5.75 Å². The molecule has 5 heteroatoms. The summed E-state index contributed by atoms with van der Waals surface area (Å²) < 4.78 is 20.7. The zero-order valence-electron chi connectivity index (χ0n) is 10.4. The molecule has 0 amide bonds. The van der Waals surface area contributed by atoms with Crippen LogP contribution < -0.4 is 10.5 Å². The van der Waals surface area contributed by atoms with Crippen molar-refractivity contribution in [1.29, 1.82) is 0 Å². The Morgan fingerprint density at radius 2 is 2.00 bits per heavy atom. The highest BCUT2D eigenvalue weighted by Gasteiger charge is 2.29. The molecule has 0 saturated heterocycles. The molecule has 0 bridgehead atoms. The summed E-state index contributed by atoms with van der Waals surface area (Å²) in [5.41, 5.74) is 7.54. The van der Waals surface area contributed by atoms with Crippen LogP contribution in [0.2, 0.25) is 5.02 Å². The fourth-order valence-corrected chi connectivity index (χ4v) is 2.95. The average Bonchev–Trinajstić information content (AvgIpc) is 2.41. The van der Waals surface area contributed by atoms with Gasteiger partial charge in [0.2, 0.25) is 0 Å². The maximum atomic E-state index is 13.9. The van der Waals surface area contributed by atoms with E-state index in [2.05, 4.69) is 15.9 Å². The molecule has 20 heavy (non-hydrogen) atoms. The van der Waals surface area contributed by atoms with Gasteiger partial charge in [0.15, 0.2) is 0 Å². The molecule has 1 heterocycles. The van der Waals surface area contributed by atoms with Crippen LogP contribution in [-0.4, -0.2) is 0 Å². The van der Waals surface area contributed by atoms with Crippen LogP contribution in [0.25, 0.3) is 0 Å². The minimum absolute atomic E-state index is 0.185. The van der Waals surface area contributed by atoms with Gasteiger partial charge in [-0.05, 0) is 30.3 Å². The topological polar surface area (TPSA) is 35.2 Å². The third-order valence-corrected chi connectivity index (χ3v) is 4.15. The Kier molecular flexibility index (Phi) is 3.71. The minimum atomic E-state index is -0.425. The van der Waals surface area contributed by atoms with Crippen molar-refractivity contribution < 1.29 is 9.13 Å². The minimum Gasteiger partial charge on any atom is -0.485 e. The molecule has 2 nitrogen and oxygen atoms in total. The largest absolute Gasteiger partial charge is 0.485 e. The van der Waals surface area contributed by atoms with Crippen LogP contribution in [0.15, 0.2) is 40.9 Å². The maximum absolute atomic E-state index is 13.9. The second-order valence-corrected chi connectivity index (χ2v) is 6.15. The molecular formula is C15H12BrClFNO. The van der Waals surface area contributed by atoms with Crippen LogP contribution >= 0.6 is 27.5 Å². The summed E-state index contributed by atoms with van der Waals surface area (Å²) in [5, 5.41) is 0.485. The summed E-state index contributed by atoms with van der Waals surface area (Å²) in [4.78, 5) is 0. The average molecular weight is 357 g/mol. The molecule has 0 aromatic heterocycles. The first-order chi connectivity index (χ1) is 9.54. The summed E-state index contributed by atoms with van der Waals surface area (Å²) in [6, 6.07) is 9.98. The highest BCUT2D eigenvalue weighted by atomic mass is 79.9. The highest BCUT2D eigenvalue weighted by molar-refractivity contribution is 9.10. The molecule has 0 spiro atoms. The van der Waals surface area contributed by atoms with Crippen LogP contribution in [0.4, 0.5) is 4.39 Å². The number of hydrogen-bond donors (Lipinski definition) is 1. The van der Waals surface area contributed by atoms with E-state index in [9.17, 15) is 4.39 Å². The quantitative estimate of drug-likeness (QED) is 0.799. The van der Waals surface area contributed by atoms with E-state index in [1.807, 2.05) is 18.2 Å². The Morgan fingerprint density at radius 3 is 2.80 bits per heavy atom. The van der Waals surface area contributed by atoms with E-state index in [0.717, 1.165) is 10.0 Å². The van der Waals surface area contributed by atoms with Crippen molar-refractivity contribution >= 4 is 27.5 Å². The molecule has 0 radical (unpaired) electrons. The van der Waals surface area contributed by atoms with E-state index in [0.29, 0.717) is 22.8 Å². The lowest BCUT2D eigenvalue weighted by Gasteiger charge is -2.31. The van der Waals surface area contributed by atoms with Gasteiger partial charge in [-0.25, -0.2) is 4.39 Å². The summed E-state index contributed by atoms with van der Waals surface area (Å²) in [6.07, 6.45) is 0.0943. The van der Waals surface area contributed by atoms with Gasteiger partial charge >= 0.3 is 0 Å². The van der Waals surface area contributed by atoms with Crippen LogP contribution in [0.1, 0.15) is 29.7 Å². The first-order valence-corrected chi connectivity index (χ1v) is 7.38. The van der Waals surface area contributed by atoms with Gasteiger partial charge in [0.05, 0.1) is 0 Å². The van der Waals surface area contributed by atoms with Gasteiger partial charge in [-0.15, -0.1) is 0 Å². The lowest BCUT2D eigenvalue weighted by molar-refractivity contribution is 0.157. The Bertz CT molecular complexity index is 664. The Hall–Kier alpha value is -1.10. The van der Waals surface area contributed by atoms with E-state index in [4.69, 9.17) is 22.1 Å². The molecule has 0 aliphatic carbocycles. The second-order valence-electron chi connectivity index (χ2n) is 4.80.